The Labute approximate surface area is 132 Å². The number of ether oxygens (including phenoxy) is 1. The van der Waals surface area contributed by atoms with Gasteiger partial charge in [-0.1, -0.05) is 6.07 Å². The minimum atomic E-state index is -0.861. The standard InChI is InChI=1S/C16H18F2N2O3/c17-13-2-1-11(7-14(13)18)8-19-5-6-23-12(9-19)10-20-15(21)3-4-16(20)22/h1-2,7,12H,3-6,8-10H2/t12-/m1/s1. The monoisotopic (exact) mass is 324 g/mol. The first kappa shape index (κ1) is 16.0. The van der Waals surface area contributed by atoms with Crippen LogP contribution in [0.2, 0.25) is 0 Å². The molecule has 0 aromatic heterocycles. The van der Waals surface area contributed by atoms with Gasteiger partial charge in [0.25, 0.3) is 0 Å². The van der Waals surface area contributed by atoms with Crippen LogP contribution in [0.25, 0.3) is 0 Å². The minimum Gasteiger partial charge on any atom is -0.374 e. The summed E-state index contributed by atoms with van der Waals surface area (Å²) in [5.74, 6) is -2.03. The molecule has 1 aromatic carbocycles. The number of nitrogens with zero attached hydrogens (tertiary/aromatic N) is 2. The van der Waals surface area contributed by atoms with Crippen LogP contribution in [0.3, 0.4) is 0 Å². The van der Waals surface area contributed by atoms with Gasteiger partial charge in [0, 0.05) is 32.5 Å². The molecule has 2 amide bonds. The van der Waals surface area contributed by atoms with Crippen molar-refractivity contribution < 1.29 is 23.1 Å². The SMILES string of the molecule is O=C1CCC(=O)N1C[C@H]1CN(Cc2ccc(F)c(F)c2)CCO1. The lowest BCUT2D eigenvalue weighted by Gasteiger charge is -2.34. The number of amides is 2. The van der Waals surface area contributed by atoms with E-state index in [1.54, 1.807) is 6.07 Å². The first-order valence-corrected chi connectivity index (χ1v) is 7.64. The van der Waals surface area contributed by atoms with Gasteiger partial charge in [-0.25, -0.2) is 8.78 Å². The van der Waals surface area contributed by atoms with Crippen LogP contribution in [-0.2, 0) is 20.9 Å². The molecule has 0 unspecified atom stereocenters. The zero-order valence-corrected chi connectivity index (χ0v) is 12.6. The molecular weight excluding hydrogens is 306 g/mol. The summed E-state index contributed by atoms with van der Waals surface area (Å²) in [7, 11) is 0. The van der Waals surface area contributed by atoms with Crippen LogP contribution in [0, 0.1) is 11.6 Å². The topological polar surface area (TPSA) is 49.9 Å². The number of rotatable bonds is 4. The van der Waals surface area contributed by atoms with Crippen molar-refractivity contribution in [2.45, 2.75) is 25.5 Å². The fourth-order valence-corrected chi connectivity index (χ4v) is 2.96. The van der Waals surface area contributed by atoms with Gasteiger partial charge < -0.3 is 4.74 Å². The Kier molecular flexibility index (Phi) is 4.68. The van der Waals surface area contributed by atoms with Crippen molar-refractivity contribution in [2.75, 3.05) is 26.2 Å². The maximum Gasteiger partial charge on any atom is 0.229 e. The van der Waals surface area contributed by atoms with Gasteiger partial charge in [0.15, 0.2) is 11.6 Å². The van der Waals surface area contributed by atoms with Crippen LogP contribution in [0.15, 0.2) is 18.2 Å². The van der Waals surface area contributed by atoms with Crippen LogP contribution in [0.1, 0.15) is 18.4 Å². The third kappa shape index (κ3) is 3.73. The van der Waals surface area contributed by atoms with Crippen molar-refractivity contribution in [1.82, 2.24) is 9.80 Å². The second-order valence-corrected chi connectivity index (χ2v) is 5.87. The molecule has 2 saturated heterocycles. The summed E-state index contributed by atoms with van der Waals surface area (Å²) in [6.45, 7) is 2.41. The van der Waals surface area contributed by atoms with E-state index >= 15 is 0 Å². The summed E-state index contributed by atoms with van der Waals surface area (Å²) in [5.41, 5.74) is 0.679. The van der Waals surface area contributed by atoms with Gasteiger partial charge in [-0.15, -0.1) is 0 Å². The Hall–Kier alpha value is -1.86. The van der Waals surface area contributed by atoms with Gasteiger partial charge >= 0.3 is 0 Å². The summed E-state index contributed by atoms with van der Waals surface area (Å²) in [6, 6.07) is 3.86. The van der Waals surface area contributed by atoms with Crippen molar-refractivity contribution in [1.29, 1.82) is 0 Å². The lowest BCUT2D eigenvalue weighted by Crippen LogP contribution is -2.48. The zero-order chi connectivity index (χ0) is 16.4. The Morgan fingerprint density at radius 2 is 1.87 bits per heavy atom. The van der Waals surface area contributed by atoms with E-state index in [1.165, 1.54) is 11.0 Å². The third-order valence-electron chi connectivity index (χ3n) is 4.15. The number of hydrogen-bond donors (Lipinski definition) is 0. The highest BCUT2D eigenvalue weighted by Crippen LogP contribution is 2.17. The van der Waals surface area contributed by atoms with Gasteiger partial charge in [0.05, 0.1) is 19.3 Å². The number of morpholine rings is 1. The summed E-state index contributed by atoms with van der Waals surface area (Å²) in [5, 5.41) is 0. The lowest BCUT2D eigenvalue weighted by atomic mass is 10.1. The minimum absolute atomic E-state index is 0.156. The number of hydrogen-bond acceptors (Lipinski definition) is 4. The summed E-state index contributed by atoms with van der Waals surface area (Å²) >= 11 is 0. The molecule has 2 fully saturated rings. The number of carbonyl (C=O) groups is 2. The molecule has 23 heavy (non-hydrogen) atoms. The molecular formula is C16H18F2N2O3. The molecule has 0 bridgehead atoms. The molecule has 5 nitrogen and oxygen atoms in total. The number of carbonyl (C=O) groups excluding carboxylic acids is 2. The number of imide groups is 1. The van der Waals surface area contributed by atoms with E-state index in [0.29, 0.717) is 31.8 Å². The molecule has 0 N–H and O–H groups in total. The molecule has 0 aliphatic carbocycles. The van der Waals surface area contributed by atoms with E-state index in [9.17, 15) is 18.4 Å². The molecule has 2 aliphatic rings. The highest BCUT2D eigenvalue weighted by atomic mass is 19.2. The first-order valence-electron chi connectivity index (χ1n) is 7.64. The van der Waals surface area contributed by atoms with Gasteiger partial charge in [-0.2, -0.15) is 0 Å². The Balaban J connectivity index is 1.58. The second kappa shape index (κ2) is 6.72. The average molecular weight is 324 g/mol. The maximum absolute atomic E-state index is 13.3. The lowest BCUT2D eigenvalue weighted by molar-refractivity contribution is -0.142. The van der Waals surface area contributed by atoms with Crippen LogP contribution in [-0.4, -0.2) is 54.0 Å². The molecule has 1 atom stereocenters. The molecule has 0 spiro atoms. The predicted octanol–water partition coefficient (Wildman–Crippen LogP) is 1.31. The molecule has 1 aromatic rings. The van der Waals surface area contributed by atoms with Crippen molar-refractivity contribution in [3.05, 3.63) is 35.4 Å². The second-order valence-electron chi connectivity index (χ2n) is 5.87. The van der Waals surface area contributed by atoms with E-state index in [0.717, 1.165) is 6.07 Å². The largest absolute Gasteiger partial charge is 0.374 e. The van der Waals surface area contributed by atoms with Crippen molar-refractivity contribution in [3.63, 3.8) is 0 Å². The van der Waals surface area contributed by atoms with E-state index in [1.807, 2.05) is 4.90 Å². The van der Waals surface area contributed by atoms with Gasteiger partial charge in [0.1, 0.15) is 0 Å². The van der Waals surface area contributed by atoms with Gasteiger partial charge in [-0.05, 0) is 17.7 Å². The molecule has 0 radical (unpaired) electrons. The van der Waals surface area contributed by atoms with Crippen molar-refractivity contribution >= 4 is 11.8 Å². The predicted molar refractivity (Wildman–Crippen MR) is 77.3 cm³/mol. The number of likely N-dealkylation sites (tertiary alicyclic amines) is 1. The third-order valence-corrected chi connectivity index (χ3v) is 4.15. The molecule has 2 heterocycles. The maximum atomic E-state index is 13.3. The highest BCUT2D eigenvalue weighted by Gasteiger charge is 2.32. The van der Waals surface area contributed by atoms with E-state index in [-0.39, 0.29) is 37.3 Å². The van der Waals surface area contributed by atoms with Crippen LogP contribution in [0.4, 0.5) is 8.78 Å². The van der Waals surface area contributed by atoms with Crippen molar-refractivity contribution in [2.24, 2.45) is 0 Å². The molecule has 3 rings (SSSR count). The fourth-order valence-electron chi connectivity index (χ4n) is 2.96. The van der Waals surface area contributed by atoms with E-state index < -0.39 is 11.6 Å². The Morgan fingerprint density at radius 1 is 1.13 bits per heavy atom. The molecule has 0 saturated carbocycles. The zero-order valence-electron chi connectivity index (χ0n) is 12.6. The van der Waals surface area contributed by atoms with Crippen LogP contribution in [0.5, 0.6) is 0 Å². The molecule has 2 aliphatic heterocycles. The number of halogens is 2. The van der Waals surface area contributed by atoms with Crippen LogP contribution >= 0.6 is 0 Å². The van der Waals surface area contributed by atoms with E-state index in [2.05, 4.69) is 0 Å². The first-order chi connectivity index (χ1) is 11.0. The van der Waals surface area contributed by atoms with Gasteiger partial charge in [0.2, 0.25) is 11.8 Å². The smallest absolute Gasteiger partial charge is 0.229 e. The summed E-state index contributed by atoms with van der Waals surface area (Å²) in [6.07, 6.45) is 0.286. The Morgan fingerprint density at radius 3 is 2.57 bits per heavy atom. The Bertz CT molecular complexity index is 607. The number of benzene rings is 1. The molecule has 7 heteroatoms. The van der Waals surface area contributed by atoms with E-state index in [4.69, 9.17) is 4.74 Å². The quantitative estimate of drug-likeness (QED) is 0.784. The summed E-state index contributed by atoms with van der Waals surface area (Å²) < 4.78 is 31.9. The van der Waals surface area contributed by atoms with Crippen molar-refractivity contribution in [3.8, 4) is 0 Å². The molecule has 124 valence electrons. The van der Waals surface area contributed by atoms with Gasteiger partial charge in [-0.3, -0.25) is 19.4 Å². The average Bonchev–Trinajstić information content (AvgIpc) is 2.83. The fraction of sp³-hybridized carbons (Fsp3) is 0.500. The summed E-state index contributed by atoms with van der Waals surface area (Å²) in [4.78, 5) is 26.6. The van der Waals surface area contributed by atoms with Crippen LogP contribution < -0.4 is 0 Å². The normalized spacial score (nSPS) is 22.9. The highest BCUT2D eigenvalue weighted by molar-refractivity contribution is 6.01.